The molecular formula is C18H22N2O3S2. The van der Waals surface area contributed by atoms with Gasteiger partial charge in [-0.1, -0.05) is 12.1 Å². The highest BCUT2D eigenvalue weighted by molar-refractivity contribution is 7.92. The van der Waals surface area contributed by atoms with Crippen LogP contribution >= 0.6 is 11.3 Å². The van der Waals surface area contributed by atoms with Gasteiger partial charge in [-0.25, -0.2) is 13.4 Å². The fraction of sp³-hybridized carbons (Fsp3) is 0.444. The number of fused-ring (bicyclic) bond motifs is 1. The first-order valence-electron chi connectivity index (χ1n) is 8.47. The van der Waals surface area contributed by atoms with Crippen LogP contribution in [0, 0.1) is 0 Å². The van der Waals surface area contributed by atoms with Crippen LogP contribution in [0.1, 0.15) is 42.8 Å². The number of hydrogen-bond donors (Lipinski definition) is 1. The van der Waals surface area contributed by atoms with Crippen LogP contribution in [0.5, 0.6) is 0 Å². The smallest absolute Gasteiger partial charge is 0.230 e. The van der Waals surface area contributed by atoms with Crippen LogP contribution in [0.2, 0.25) is 0 Å². The van der Waals surface area contributed by atoms with Crippen molar-refractivity contribution in [2.45, 2.75) is 56.1 Å². The quantitative estimate of drug-likeness (QED) is 0.865. The summed E-state index contributed by atoms with van der Waals surface area (Å²) in [6, 6.07) is 6.53. The largest absolute Gasteiger partial charge is 0.302 e. The van der Waals surface area contributed by atoms with Crippen molar-refractivity contribution in [3.63, 3.8) is 0 Å². The van der Waals surface area contributed by atoms with E-state index in [9.17, 15) is 13.2 Å². The normalized spacial score (nSPS) is 14.4. The molecule has 1 aliphatic rings. The zero-order valence-electron chi connectivity index (χ0n) is 14.4. The van der Waals surface area contributed by atoms with E-state index in [2.05, 4.69) is 10.3 Å². The molecule has 0 unspecified atom stereocenters. The number of aryl methyl sites for hydroxylation is 2. The maximum Gasteiger partial charge on any atom is 0.230 e. The second kappa shape index (κ2) is 7.25. The Hall–Kier alpha value is -1.73. The summed E-state index contributed by atoms with van der Waals surface area (Å²) in [7, 11) is -3.28. The summed E-state index contributed by atoms with van der Waals surface area (Å²) in [6.45, 7) is 3.31. The summed E-state index contributed by atoms with van der Waals surface area (Å²) in [5.41, 5.74) is 1.90. The van der Waals surface area contributed by atoms with Crippen LogP contribution in [-0.4, -0.2) is 24.6 Å². The molecule has 134 valence electrons. The number of hydrogen-bond acceptors (Lipinski definition) is 5. The molecule has 0 bridgehead atoms. The zero-order valence-corrected chi connectivity index (χ0v) is 16.0. The molecule has 2 aromatic rings. The first-order valence-corrected chi connectivity index (χ1v) is 10.8. The third kappa shape index (κ3) is 4.10. The van der Waals surface area contributed by atoms with E-state index in [0.29, 0.717) is 10.0 Å². The molecule has 1 N–H and O–H groups in total. The molecule has 1 aromatic carbocycles. The highest BCUT2D eigenvalue weighted by Crippen LogP contribution is 2.29. The lowest BCUT2D eigenvalue weighted by atomic mass is 10.0. The van der Waals surface area contributed by atoms with Gasteiger partial charge in [0.25, 0.3) is 0 Å². The first-order chi connectivity index (χ1) is 11.9. The molecule has 3 rings (SSSR count). The van der Waals surface area contributed by atoms with Crippen molar-refractivity contribution >= 4 is 32.2 Å². The molecule has 1 aromatic heterocycles. The van der Waals surface area contributed by atoms with Crippen molar-refractivity contribution in [3.05, 3.63) is 40.4 Å². The Labute approximate surface area is 152 Å². The van der Waals surface area contributed by atoms with E-state index < -0.39 is 15.1 Å². The lowest BCUT2D eigenvalue weighted by Gasteiger charge is -2.08. The monoisotopic (exact) mass is 378 g/mol. The number of aromatic nitrogens is 1. The summed E-state index contributed by atoms with van der Waals surface area (Å²) in [5, 5.41) is 3.06. The molecule has 0 saturated carbocycles. The molecule has 0 radical (unpaired) electrons. The molecule has 0 fully saturated rings. The molecule has 7 heteroatoms. The minimum absolute atomic E-state index is 0.134. The van der Waals surface area contributed by atoms with Crippen LogP contribution in [-0.2, 0) is 33.9 Å². The molecule has 5 nitrogen and oxygen atoms in total. The molecule has 25 heavy (non-hydrogen) atoms. The number of rotatable bonds is 5. The fourth-order valence-electron chi connectivity index (χ4n) is 2.82. The van der Waals surface area contributed by atoms with Crippen LogP contribution in [0.25, 0.3) is 0 Å². The van der Waals surface area contributed by atoms with Crippen molar-refractivity contribution in [1.29, 1.82) is 0 Å². The van der Waals surface area contributed by atoms with E-state index in [1.807, 2.05) is 0 Å². The van der Waals surface area contributed by atoms with E-state index in [0.717, 1.165) is 30.5 Å². The molecule has 1 heterocycles. The minimum Gasteiger partial charge on any atom is -0.302 e. The van der Waals surface area contributed by atoms with Gasteiger partial charge in [-0.05, 0) is 57.2 Å². The summed E-state index contributed by atoms with van der Waals surface area (Å²) >= 11 is 1.56. The van der Waals surface area contributed by atoms with Crippen molar-refractivity contribution in [2.75, 3.05) is 5.32 Å². The number of nitrogens with one attached hydrogen (secondary N) is 1. The summed E-state index contributed by atoms with van der Waals surface area (Å²) in [4.78, 5) is 18.3. The number of benzene rings is 1. The van der Waals surface area contributed by atoms with Gasteiger partial charge in [0.15, 0.2) is 15.0 Å². The van der Waals surface area contributed by atoms with E-state index in [1.165, 1.54) is 11.3 Å². The Balaban J connectivity index is 1.64. The fourth-order valence-corrected chi connectivity index (χ4v) is 4.95. The number of nitrogens with zero attached hydrogens (tertiary/aromatic N) is 1. The standard InChI is InChI=1S/C18H22N2O3S2/c1-12(2)25(22,23)14-9-7-13(8-10-14)11-17(21)20-18-19-15-5-3-4-6-16(15)24-18/h7-10,12H,3-6,11H2,1-2H3,(H,19,20,21). The highest BCUT2D eigenvalue weighted by Gasteiger charge is 2.19. The van der Waals surface area contributed by atoms with Gasteiger partial charge in [-0.15, -0.1) is 11.3 Å². The van der Waals surface area contributed by atoms with Crippen molar-refractivity contribution < 1.29 is 13.2 Å². The molecule has 1 aliphatic carbocycles. The lowest BCUT2D eigenvalue weighted by Crippen LogP contribution is -2.15. The molecule has 0 spiro atoms. The van der Waals surface area contributed by atoms with Crippen molar-refractivity contribution in [2.24, 2.45) is 0 Å². The second-order valence-electron chi connectivity index (χ2n) is 6.56. The number of sulfone groups is 1. The SMILES string of the molecule is CC(C)S(=O)(=O)c1ccc(CC(=O)Nc2nc3c(s2)CCCC3)cc1. The number of anilines is 1. The zero-order chi connectivity index (χ0) is 18.0. The average molecular weight is 379 g/mol. The predicted molar refractivity (Wildman–Crippen MR) is 99.9 cm³/mol. The van der Waals surface area contributed by atoms with Crippen LogP contribution < -0.4 is 5.32 Å². The van der Waals surface area contributed by atoms with Gasteiger partial charge in [0, 0.05) is 4.88 Å². The summed E-state index contributed by atoms with van der Waals surface area (Å²) < 4.78 is 24.2. The predicted octanol–water partition coefficient (Wildman–Crippen LogP) is 3.39. The number of carbonyl (C=O) groups is 1. The lowest BCUT2D eigenvalue weighted by molar-refractivity contribution is -0.115. The molecular weight excluding hydrogens is 356 g/mol. The van der Waals surface area contributed by atoms with Gasteiger partial charge >= 0.3 is 0 Å². The van der Waals surface area contributed by atoms with Gasteiger partial charge in [0.1, 0.15) is 0 Å². The third-order valence-corrected chi connectivity index (χ3v) is 7.57. The van der Waals surface area contributed by atoms with E-state index in [4.69, 9.17) is 0 Å². The Morgan fingerprint density at radius 1 is 1.20 bits per heavy atom. The van der Waals surface area contributed by atoms with Crippen molar-refractivity contribution in [3.8, 4) is 0 Å². The van der Waals surface area contributed by atoms with Crippen LogP contribution in [0.3, 0.4) is 0 Å². The van der Waals surface area contributed by atoms with E-state index >= 15 is 0 Å². The van der Waals surface area contributed by atoms with Gasteiger partial charge in [0.2, 0.25) is 5.91 Å². The van der Waals surface area contributed by atoms with Crippen LogP contribution in [0.15, 0.2) is 29.2 Å². The van der Waals surface area contributed by atoms with Gasteiger partial charge in [-0.3, -0.25) is 4.79 Å². The average Bonchev–Trinajstić information content (AvgIpc) is 2.97. The van der Waals surface area contributed by atoms with E-state index in [1.54, 1.807) is 49.4 Å². The Morgan fingerprint density at radius 2 is 1.88 bits per heavy atom. The minimum atomic E-state index is -3.28. The Kier molecular flexibility index (Phi) is 5.24. The third-order valence-electron chi connectivity index (χ3n) is 4.33. The molecule has 0 saturated heterocycles. The first kappa shape index (κ1) is 18.1. The number of thiazole rings is 1. The van der Waals surface area contributed by atoms with Crippen molar-refractivity contribution in [1.82, 2.24) is 4.98 Å². The maximum atomic E-state index is 12.2. The molecule has 1 amide bonds. The molecule has 0 atom stereocenters. The number of carbonyl (C=O) groups excluding carboxylic acids is 1. The molecule has 0 aliphatic heterocycles. The summed E-state index contributed by atoms with van der Waals surface area (Å²) in [6.07, 6.45) is 4.60. The van der Waals surface area contributed by atoms with Crippen LogP contribution in [0.4, 0.5) is 5.13 Å². The van der Waals surface area contributed by atoms with Gasteiger partial charge in [-0.2, -0.15) is 0 Å². The topological polar surface area (TPSA) is 76.1 Å². The second-order valence-corrected chi connectivity index (χ2v) is 10.1. The van der Waals surface area contributed by atoms with E-state index in [-0.39, 0.29) is 12.3 Å². The number of amides is 1. The Morgan fingerprint density at radius 3 is 2.52 bits per heavy atom. The van der Waals surface area contributed by atoms with Gasteiger partial charge in [0.05, 0.1) is 22.3 Å². The highest BCUT2D eigenvalue weighted by atomic mass is 32.2. The Bertz CT molecular complexity index is 845. The van der Waals surface area contributed by atoms with Gasteiger partial charge < -0.3 is 5.32 Å². The summed E-state index contributed by atoms with van der Waals surface area (Å²) in [5.74, 6) is -0.134. The maximum absolute atomic E-state index is 12.2.